The fourth-order valence-corrected chi connectivity index (χ4v) is 4.11. The summed E-state index contributed by atoms with van der Waals surface area (Å²) in [5.74, 6) is 0.391. The molecule has 1 rings (SSSR count). The van der Waals surface area contributed by atoms with Crippen molar-refractivity contribution in [2.24, 2.45) is 5.92 Å². The zero-order valence-corrected chi connectivity index (χ0v) is 14.5. The summed E-state index contributed by atoms with van der Waals surface area (Å²) in [5.41, 5.74) is 5.73. The lowest BCUT2D eigenvalue weighted by molar-refractivity contribution is 0.339. The zero-order chi connectivity index (χ0) is 15.3. The molecule has 0 aromatic carbocycles. The van der Waals surface area contributed by atoms with E-state index in [1.807, 2.05) is 6.92 Å². The molecular formula is C13H22BrN3O2S. The number of nitrogens with zero attached hydrogens (tertiary/aromatic N) is 2. The quantitative estimate of drug-likeness (QED) is 0.807. The Balaban J connectivity index is 3.15. The second-order valence-corrected chi connectivity index (χ2v) is 7.50. The van der Waals surface area contributed by atoms with E-state index in [1.54, 1.807) is 0 Å². The van der Waals surface area contributed by atoms with E-state index < -0.39 is 10.0 Å². The van der Waals surface area contributed by atoms with Crippen molar-refractivity contribution in [1.82, 2.24) is 9.29 Å². The van der Waals surface area contributed by atoms with Crippen molar-refractivity contribution in [3.8, 4) is 0 Å². The predicted molar refractivity (Wildman–Crippen MR) is 84.9 cm³/mol. The third-order valence-electron chi connectivity index (χ3n) is 3.44. The van der Waals surface area contributed by atoms with Crippen LogP contribution >= 0.6 is 15.9 Å². The summed E-state index contributed by atoms with van der Waals surface area (Å²) in [5, 5.41) is 0. The molecule has 0 bridgehead atoms. The van der Waals surface area contributed by atoms with E-state index in [0.717, 1.165) is 12.8 Å². The van der Waals surface area contributed by atoms with Crippen molar-refractivity contribution in [1.29, 1.82) is 0 Å². The molecule has 0 saturated heterocycles. The average molecular weight is 364 g/mol. The Bertz CT molecular complexity index is 545. The van der Waals surface area contributed by atoms with Crippen LogP contribution in [-0.2, 0) is 10.0 Å². The van der Waals surface area contributed by atoms with Gasteiger partial charge in [-0.2, -0.15) is 4.31 Å². The molecule has 5 nitrogen and oxygen atoms in total. The zero-order valence-electron chi connectivity index (χ0n) is 12.1. The first kappa shape index (κ1) is 17.4. The maximum Gasteiger partial charge on any atom is 0.246 e. The minimum Gasteiger partial charge on any atom is -0.383 e. The van der Waals surface area contributed by atoms with Crippen LogP contribution in [0.4, 0.5) is 5.82 Å². The Hall–Kier alpha value is -0.660. The van der Waals surface area contributed by atoms with Gasteiger partial charge in [0, 0.05) is 23.8 Å². The van der Waals surface area contributed by atoms with Crippen molar-refractivity contribution in [3.05, 3.63) is 16.7 Å². The number of halogens is 1. The Morgan fingerprint density at radius 1 is 1.35 bits per heavy atom. The summed E-state index contributed by atoms with van der Waals surface area (Å²) in [7, 11) is -3.60. The average Bonchev–Trinajstić information content (AvgIpc) is 2.42. The van der Waals surface area contributed by atoms with Gasteiger partial charge in [0.1, 0.15) is 10.7 Å². The normalized spacial score (nSPS) is 12.3. The molecule has 0 spiro atoms. The summed E-state index contributed by atoms with van der Waals surface area (Å²) < 4.78 is 27.5. The van der Waals surface area contributed by atoms with E-state index in [9.17, 15) is 8.42 Å². The molecule has 0 saturated carbocycles. The lowest BCUT2D eigenvalue weighted by atomic mass is 10.0. The molecule has 2 N–H and O–H groups in total. The molecule has 0 aliphatic rings. The van der Waals surface area contributed by atoms with Crippen molar-refractivity contribution in [2.45, 2.75) is 38.5 Å². The van der Waals surface area contributed by atoms with Gasteiger partial charge in [0.15, 0.2) is 0 Å². The van der Waals surface area contributed by atoms with Gasteiger partial charge in [0.2, 0.25) is 10.0 Å². The molecule has 0 atom stereocenters. The van der Waals surface area contributed by atoms with E-state index >= 15 is 0 Å². The molecular weight excluding hydrogens is 342 g/mol. The summed E-state index contributed by atoms with van der Waals surface area (Å²) >= 11 is 3.24. The summed E-state index contributed by atoms with van der Waals surface area (Å²) in [6.07, 6.45) is 3.40. The van der Waals surface area contributed by atoms with Crippen LogP contribution in [0.25, 0.3) is 0 Å². The smallest absolute Gasteiger partial charge is 0.246 e. The van der Waals surface area contributed by atoms with Crippen LogP contribution in [0.5, 0.6) is 0 Å². The number of sulfonamides is 1. The van der Waals surface area contributed by atoms with Crippen LogP contribution in [0.2, 0.25) is 0 Å². The molecule has 1 heterocycles. The van der Waals surface area contributed by atoms with E-state index in [2.05, 4.69) is 34.8 Å². The molecule has 7 heteroatoms. The number of pyridine rings is 1. The minimum absolute atomic E-state index is 0.0381. The van der Waals surface area contributed by atoms with Gasteiger partial charge in [0.25, 0.3) is 0 Å². The molecule has 1 aromatic heterocycles. The maximum atomic E-state index is 12.7. The number of nitrogen functional groups attached to an aromatic ring is 1. The van der Waals surface area contributed by atoms with E-state index in [0.29, 0.717) is 23.5 Å². The van der Waals surface area contributed by atoms with Gasteiger partial charge >= 0.3 is 0 Å². The van der Waals surface area contributed by atoms with Gasteiger partial charge in [-0.1, -0.05) is 33.6 Å². The van der Waals surface area contributed by atoms with Crippen molar-refractivity contribution >= 4 is 31.8 Å². The Kier molecular flexibility index (Phi) is 6.42. The number of anilines is 1. The molecule has 0 aliphatic carbocycles. The number of hydrogen-bond donors (Lipinski definition) is 1. The second kappa shape index (κ2) is 7.38. The standard InChI is InChI=1S/C13H22BrN3O2S/c1-4-10(5-2)9-17(6-3)20(18,19)12-7-11(14)8-16-13(12)15/h7-8,10H,4-6,9H2,1-3H3,(H2,15,16). The van der Waals surface area contributed by atoms with Crippen LogP contribution in [0, 0.1) is 5.92 Å². The predicted octanol–water partition coefficient (Wildman–Crippen LogP) is 2.87. The fraction of sp³-hybridized carbons (Fsp3) is 0.615. The van der Waals surface area contributed by atoms with E-state index in [4.69, 9.17) is 5.73 Å². The maximum absolute atomic E-state index is 12.7. The lowest BCUT2D eigenvalue weighted by Crippen LogP contribution is -2.35. The Morgan fingerprint density at radius 3 is 2.45 bits per heavy atom. The summed E-state index contributed by atoms with van der Waals surface area (Å²) in [4.78, 5) is 3.98. The van der Waals surface area contributed by atoms with Gasteiger partial charge in [-0.05, 0) is 27.9 Å². The van der Waals surface area contributed by atoms with E-state index in [-0.39, 0.29) is 10.7 Å². The fourth-order valence-electron chi connectivity index (χ4n) is 2.01. The van der Waals surface area contributed by atoms with Gasteiger partial charge in [-0.3, -0.25) is 0 Å². The molecule has 0 fully saturated rings. The minimum atomic E-state index is -3.60. The Labute approximate surface area is 129 Å². The largest absolute Gasteiger partial charge is 0.383 e. The highest BCUT2D eigenvalue weighted by atomic mass is 79.9. The monoisotopic (exact) mass is 363 g/mol. The molecule has 1 aromatic rings. The van der Waals surface area contributed by atoms with Crippen molar-refractivity contribution in [3.63, 3.8) is 0 Å². The first-order valence-corrected chi connectivity index (χ1v) is 9.01. The Morgan fingerprint density at radius 2 is 1.95 bits per heavy atom. The van der Waals surface area contributed by atoms with Crippen LogP contribution in [0.3, 0.4) is 0 Å². The van der Waals surface area contributed by atoms with Gasteiger partial charge in [-0.25, -0.2) is 13.4 Å². The van der Waals surface area contributed by atoms with Gasteiger partial charge < -0.3 is 5.73 Å². The number of hydrogen-bond acceptors (Lipinski definition) is 4. The SMILES string of the molecule is CCC(CC)CN(CC)S(=O)(=O)c1cc(Br)cnc1N. The van der Waals surface area contributed by atoms with Gasteiger partial charge in [-0.15, -0.1) is 0 Å². The first-order valence-electron chi connectivity index (χ1n) is 6.77. The molecule has 114 valence electrons. The van der Waals surface area contributed by atoms with E-state index in [1.165, 1.54) is 16.6 Å². The third-order valence-corrected chi connectivity index (χ3v) is 5.84. The highest BCUT2D eigenvalue weighted by molar-refractivity contribution is 9.10. The number of aromatic nitrogens is 1. The number of rotatable bonds is 7. The second-order valence-electron chi connectivity index (χ2n) is 4.68. The molecule has 0 unspecified atom stereocenters. The third kappa shape index (κ3) is 3.93. The number of nitrogens with two attached hydrogens (primary N) is 1. The van der Waals surface area contributed by atoms with Crippen LogP contribution < -0.4 is 5.73 Å². The lowest BCUT2D eigenvalue weighted by Gasteiger charge is -2.25. The first-order chi connectivity index (χ1) is 9.36. The topological polar surface area (TPSA) is 76.3 Å². The molecule has 20 heavy (non-hydrogen) atoms. The van der Waals surface area contributed by atoms with Gasteiger partial charge in [0.05, 0.1) is 0 Å². The molecule has 0 amide bonds. The van der Waals surface area contributed by atoms with Crippen molar-refractivity contribution < 1.29 is 8.42 Å². The van der Waals surface area contributed by atoms with Crippen LogP contribution in [0.1, 0.15) is 33.6 Å². The molecule has 0 radical (unpaired) electrons. The highest BCUT2D eigenvalue weighted by Crippen LogP contribution is 2.25. The summed E-state index contributed by atoms with van der Waals surface area (Å²) in [6.45, 7) is 6.91. The highest BCUT2D eigenvalue weighted by Gasteiger charge is 2.27. The molecule has 0 aliphatic heterocycles. The van der Waals surface area contributed by atoms with Crippen molar-refractivity contribution in [2.75, 3.05) is 18.8 Å². The van der Waals surface area contributed by atoms with Crippen LogP contribution in [-0.4, -0.2) is 30.8 Å². The van der Waals surface area contributed by atoms with Crippen LogP contribution in [0.15, 0.2) is 21.6 Å². The summed E-state index contributed by atoms with van der Waals surface area (Å²) in [6, 6.07) is 1.51.